The van der Waals surface area contributed by atoms with Crippen LogP contribution in [0.3, 0.4) is 0 Å². The van der Waals surface area contributed by atoms with Crippen molar-refractivity contribution in [3.63, 3.8) is 0 Å². The van der Waals surface area contributed by atoms with Gasteiger partial charge in [-0.3, -0.25) is 4.84 Å². The Hall–Kier alpha value is -2.17. The van der Waals surface area contributed by atoms with Crippen LogP contribution in [0.4, 0.5) is 0 Å². The van der Waals surface area contributed by atoms with E-state index in [-0.39, 0.29) is 23.2 Å². The zero-order chi connectivity index (χ0) is 25.2. The van der Waals surface area contributed by atoms with Gasteiger partial charge in [0.1, 0.15) is 6.10 Å². The monoisotopic (exact) mass is 477 g/mol. The minimum absolute atomic E-state index is 0.140. The van der Waals surface area contributed by atoms with Gasteiger partial charge < -0.3 is 4.74 Å². The summed E-state index contributed by atoms with van der Waals surface area (Å²) >= 11 is 0. The number of carbonyl (C=O) groups is 1. The molecule has 0 unspecified atom stereocenters. The fraction of sp³-hybridized carbons (Fsp3) is 0.581. The van der Waals surface area contributed by atoms with Crippen molar-refractivity contribution in [2.45, 2.75) is 103 Å². The summed E-state index contributed by atoms with van der Waals surface area (Å²) in [7, 11) is 0. The first-order valence-electron chi connectivity index (χ1n) is 13.4. The molecule has 1 heterocycles. The number of esters is 1. The standard InChI is InChI=1S/C31H43NO3/c1-7-34-32-30(3,4)20-28(21-31(32,5)6)35-29(33)27-18-16-26(17-19-27)25-14-12-24(13-15-25)23-10-8-22(2)9-11-23/h12-19,22-23,28H,7-11,20-21H2,1-6H3. The molecule has 0 radical (unpaired) electrons. The van der Waals surface area contributed by atoms with Gasteiger partial charge >= 0.3 is 5.97 Å². The Labute approximate surface area is 212 Å². The molecule has 0 atom stereocenters. The van der Waals surface area contributed by atoms with E-state index in [0.29, 0.717) is 18.1 Å². The van der Waals surface area contributed by atoms with Crippen LogP contribution < -0.4 is 0 Å². The first kappa shape index (κ1) is 25.9. The van der Waals surface area contributed by atoms with E-state index in [1.807, 2.05) is 31.2 Å². The molecule has 2 aromatic carbocycles. The van der Waals surface area contributed by atoms with E-state index in [0.717, 1.165) is 24.3 Å². The summed E-state index contributed by atoms with van der Waals surface area (Å²) in [5.41, 5.74) is 3.94. The van der Waals surface area contributed by atoms with Gasteiger partial charge in [0.15, 0.2) is 0 Å². The molecule has 1 saturated carbocycles. The molecular formula is C31H43NO3. The summed E-state index contributed by atoms with van der Waals surface area (Å²) in [5, 5.41) is 2.08. The molecule has 190 valence electrons. The Morgan fingerprint density at radius 2 is 1.37 bits per heavy atom. The lowest BCUT2D eigenvalue weighted by atomic mass is 9.79. The van der Waals surface area contributed by atoms with E-state index in [4.69, 9.17) is 9.57 Å². The molecule has 4 rings (SSSR count). The number of carbonyl (C=O) groups excluding carboxylic acids is 1. The van der Waals surface area contributed by atoms with Crippen molar-refractivity contribution in [3.8, 4) is 11.1 Å². The number of hydroxylamine groups is 2. The number of nitrogens with zero attached hydrogens (tertiary/aromatic N) is 1. The highest BCUT2D eigenvalue weighted by Gasteiger charge is 2.47. The molecule has 4 heteroatoms. The van der Waals surface area contributed by atoms with Gasteiger partial charge in [-0.2, -0.15) is 5.06 Å². The van der Waals surface area contributed by atoms with Crippen LogP contribution in [0.5, 0.6) is 0 Å². The van der Waals surface area contributed by atoms with Crippen molar-refractivity contribution in [2.24, 2.45) is 5.92 Å². The SMILES string of the molecule is CCON1C(C)(C)CC(OC(=O)c2ccc(-c3ccc(C4CCC(C)CC4)cc3)cc2)CC1(C)C. The van der Waals surface area contributed by atoms with Crippen LogP contribution in [-0.2, 0) is 9.57 Å². The molecule has 2 aromatic rings. The Bertz CT molecular complexity index is 967. The Morgan fingerprint density at radius 1 is 0.857 bits per heavy atom. The molecule has 4 nitrogen and oxygen atoms in total. The van der Waals surface area contributed by atoms with Gasteiger partial charge in [-0.05, 0) is 88.1 Å². The summed E-state index contributed by atoms with van der Waals surface area (Å²) in [6.07, 6.45) is 6.63. The lowest BCUT2D eigenvalue weighted by Gasteiger charge is -2.53. The molecule has 1 aliphatic heterocycles. The quantitative estimate of drug-likeness (QED) is 0.398. The number of hydrogen-bond donors (Lipinski definition) is 0. The summed E-state index contributed by atoms with van der Waals surface area (Å²) in [5.74, 6) is 1.32. The third-order valence-corrected chi connectivity index (χ3v) is 7.94. The zero-order valence-electron chi connectivity index (χ0n) is 22.5. The van der Waals surface area contributed by atoms with Gasteiger partial charge in [-0.15, -0.1) is 0 Å². The summed E-state index contributed by atoms with van der Waals surface area (Å²) in [4.78, 5) is 18.9. The second kappa shape index (κ2) is 10.4. The number of ether oxygens (including phenoxy) is 1. The van der Waals surface area contributed by atoms with Gasteiger partial charge in [-0.1, -0.05) is 56.2 Å². The van der Waals surface area contributed by atoms with Gasteiger partial charge in [-0.25, -0.2) is 4.79 Å². The van der Waals surface area contributed by atoms with Crippen molar-refractivity contribution < 1.29 is 14.4 Å². The molecule has 1 aliphatic carbocycles. The molecule has 1 saturated heterocycles. The molecule has 2 aliphatic rings. The maximum absolute atomic E-state index is 13.0. The van der Waals surface area contributed by atoms with Gasteiger partial charge in [0.05, 0.1) is 12.2 Å². The fourth-order valence-corrected chi connectivity index (χ4v) is 6.29. The van der Waals surface area contributed by atoms with Crippen LogP contribution in [0, 0.1) is 5.92 Å². The molecule has 0 aromatic heterocycles. The maximum Gasteiger partial charge on any atom is 0.338 e. The first-order valence-corrected chi connectivity index (χ1v) is 13.4. The molecule has 0 amide bonds. The second-order valence-electron chi connectivity index (χ2n) is 11.9. The van der Waals surface area contributed by atoms with Crippen molar-refractivity contribution in [1.82, 2.24) is 5.06 Å². The normalized spacial score (nSPS) is 24.7. The second-order valence-corrected chi connectivity index (χ2v) is 11.9. The fourth-order valence-electron chi connectivity index (χ4n) is 6.29. The van der Waals surface area contributed by atoms with Gasteiger partial charge in [0.2, 0.25) is 0 Å². The highest BCUT2D eigenvalue weighted by molar-refractivity contribution is 5.90. The number of benzene rings is 2. The van der Waals surface area contributed by atoms with Crippen LogP contribution in [0.25, 0.3) is 11.1 Å². The molecule has 0 bridgehead atoms. The van der Waals surface area contributed by atoms with E-state index in [1.165, 1.54) is 36.8 Å². The maximum atomic E-state index is 13.0. The van der Waals surface area contributed by atoms with Crippen LogP contribution >= 0.6 is 0 Å². The van der Waals surface area contributed by atoms with Crippen LogP contribution in [0.15, 0.2) is 48.5 Å². The topological polar surface area (TPSA) is 38.8 Å². The Morgan fingerprint density at radius 3 is 1.89 bits per heavy atom. The lowest BCUT2D eigenvalue weighted by molar-refractivity contribution is -0.289. The van der Waals surface area contributed by atoms with Gasteiger partial charge in [0.25, 0.3) is 0 Å². The molecular weight excluding hydrogens is 434 g/mol. The molecule has 0 spiro atoms. The predicted molar refractivity (Wildman–Crippen MR) is 142 cm³/mol. The van der Waals surface area contributed by atoms with E-state index in [9.17, 15) is 4.79 Å². The first-order chi connectivity index (χ1) is 16.6. The molecule has 35 heavy (non-hydrogen) atoms. The number of rotatable bonds is 6. The van der Waals surface area contributed by atoms with Crippen LogP contribution in [0.2, 0.25) is 0 Å². The molecule has 2 fully saturated rings. The average molecular weight is 478 g/mol. The average Bonchev–Trinajstić information content (AvgIpc) is 2.82. The van der Waals surface area contributed by atoms with Crippen LogP contribution in [-0.4, -0.2) is 34.8 Å². The molecule has 0 N–H and O–H groups in total. The van der Waals surface area contributed by atoms with Crippen molar-refractivity contribution in [1.29, 1.82) is 0 Å². The summed E-state index contributed by atoms with van der Waals surface area (Å²) in [6.45, 7) is 13.6. The van der Waals surface area contributed by atoms with E-state index < -0.39 is 0 Å². The summed E-state index contributed by atoms with van der Waals surface area (Å²) in [6, 6.07) is 16.8. The van der Waals surface area contributed by atoms with Crippen molar-refractivity contribution in [2.75, 3.05) is 6.61 Å². The summed E-state index contributed by atoms with van der Waals surface area (Å²) < 4.78 is 5.99. The highest BCUT2D eigenvalue weighted by atomic mass is 16.7. The third-order valence-electron chi connectivity index (χ3n) is 7.94. The Balaban J connectivity index is 1.38. The van der Waals surface area contributed by atoms with E-state index >= 15 is 0 Å². The van der Waals surface area contributed by atoms with Crippen LogP contribution in [0.1, 0.15) is 102 Å². The minimum atomic E-state index is -0.250. The number of hydrogen-bond acceptors (Lipinski definition) is 4. The number of piperidine rings is 1. The predicted octanol–water partition coefficient (Wildman–Crippen LogP) is 7.78. The highest BCUT2D eigenvalue weighted by Crippen LogP contribution is 2.40. The smallest absolute Gasteiger partial charge is 0.338 e. The minimum Gasteiger partial charge on any atom is -0.459 e. The van der Waals surface area contributed by atoms with Crippen molar-refractivity contribution >= 4 is 5.97 Å². The zero-order valence-corrected chi connectivity index (χ0v) is 22.5. The van der Waals surface area contributed by atoms with E-state index in [1.54, 1.807) is 0 Å². The lowest BCUT2D eigenvalue weighted by Crippen LogP contribution is -2.62. The largest absolute Gasteiger partial charge is 0.459 e. The van der Waals surface area contributed by atoms with Gasteiger partial charge in [0, 0.05) is 23.9 Å². The Kier molecular flexibility index (Phi) is 7.73. The van der Waals surface area contributed by atoms with Crippen molar-refractivity contribution in [3.05, 3.63) is 59.7 Å². The van der Waals surface area contributed by atoms with E-state index in [2.05, 4.69) is 63.9 Å². The third kappa shape index (κ3) is 5.98.